The van der Waals surface area contributed by atoms with Crippen molar-refractivity contribution >= 4 is 29.2 Å². The standard InChI is InChI=1S/CH7IO7P2/c3-1-2(10(4,5)6)11(7,8)9/h3H,1H2,(H2,4,5,6)(H2,7,8,9). The Balaban J connectivity index is 4.72. The van der Waals surface area contributed by atoms with Crippen LogP contribution in [0, 0.1) is 0 Å². The Bertz CT molecular complexity index is 190. The number of aliphatic hydroxyl groups is 1. The van der Waals surface area contributed by atoms with Gasteiger partial charge in [0, 0.05) is 0 Å². The van der Waals surface area contributed by atoms with Crippen molar-refractivity contribution in [3.05, 3.63) is 0 Å². The molecule has 0 atom stereocenters. The van der Waals surface area contributed by atoms with Gasteiger partial charge in [-0.1, -0.05) is 0 Å². The van der Waals surface area contributed by atoms with Crippen LogP contribution >= 0.6 is 29.2 Å². The Hall–Kier alpha value is 0.990. The Morgan fingerprint density at radius 1 is 1.00 bits per heavy atom. The van der Waals surface area contributed by atoms with Crippen molar-refractivity contribution in [1.82, 2.24) is 0 Å². The van der Waals surface area contributed by atoms with Crippen molar-refractivity contribution in [1.29, 1.82) is 0 Å². The molecule has 0 aromatic heterocycles. The molecular formula is CH7IO7P2. The molecule has 0 aliphatic carbocycles. The molecule has 0 bridgehead atoms. The van der Waals surface area contributed by atoms with Crippen LogP contribution in [0.2, 0.25) is 0 Å². The zero-order chi connectivity index (χ0) is 9.28. The van der Waals surface area contributed by atoms with Crippen molar-refractivity contribution in [3.63, 3.8) is 0 Å². The van der Waals surface area contributed by atoms with Crippen LogP contribution in [0.5, 0.6) is 0 Å². The summed E-state index contributed by atoms with van der Waals surface area (Å²) in [6, 6.07) is 0. The van der Waals surface area contributed by atoms with E-state index in [-0.39, 0.29) is 0 Å². The Kier molecular flexibility index (Phi) is 4.14. The third-order valence-corrected chi connectivity index (χ3v) is 20.3. The van der Waals surface area contributed by atoms with Gasteiger partial charge in [0.15, 0.2) is 0 Å². The van der Waals surface area contributed by atoms with Gasteiger partial charge in [0.2, 0.25) is 0 Å². The average molecular weight is 320 g/mol. The first-order valence-electron chi connectivity index (χ1n) is 2.09. The van der Waals surface area contributed by atoms with E-state index in [0.717, 1.165) is 0 Å². The van der Waals surface area contributed by atoms with E-state index in [2.05, 4.69) is 0 Å². The fraction of sp³-hybridized carbons (Fsp3) is 1.00. The number of hydrogen-bond donors (Lipinski definition) is 5. The predicted molar refractivity (Wildman–Crippen MR) is 45.2 cm³/mol. The van der Waals surface area contributed by atoms with Crippen molar-refractivity contribution in [2.45, 2.75) is 0 Å². The van der Waals surface area contributed by atoms with Crippen LogP contribution in [-0.2, 0) is 9.13 Å². The van der Waals surface area contributed by atoms with E-state index in [1.54, 1.807) is 0 Å². The third-order valence-electron chi connectivity index (χ3n) is 0.615. The van der Waals surface area contributed by atoms with Gasteiger partial charge in [-0.3, -0.25) is 0 Å². The molecule has 0 saturated carbocycles. The summed E-state index contributed by atoms with van der Waals surface area (Å²) in [7, 11) is 0. The van der Waals surface area contributed by atoms with E-state index in [9.17, 15) is 9.13 Å². The topological polar surface area (TPSA) is 135 Å². The second kappa shape index (κ2) is 3.80. The van der Waals surface area contributed by atoms with Gasteiger partial charge in [0.1, 0.15) is 0 Å². The first-order chi connectivity index (χ1) is 4.69. The van der Waals surface area contributed by atoms with Crippen LogP contribution in [0.1, 0.15) is 0 Å². The van der Waals surface area contributed by atoms with Gasteiger partial charge >= 0.3 is 67.6 Å². The molecule has 5 N–H and O–H groups in total. The van der Waals surface area contributed by atoms with E-state index < -0.39 is 33.8 Å². The first kappa shape index (κ1) is 12.0. The maximum atomic E-state index is 10.3. The molecule has 0 aromatic carbocycles. The molecule has 0 aliphatic heterocycles. The fourth-order valence-corrected chi connectivity index (χ4v) is 10.5. The molecule has 70 valence electrons. The summed E-state index contributed by atoms with van der Waals surface area (Å²) < 4.78 is 19.6. The van der Waals surface area contributed by atoms with Gasteiger partial charge < -0.3 is 0 Å². The van der Waals surface area contributed by atoms with Gasteiger partial charge in [-0.25, -0.2) is 0 Å². The molecule has 0 heterocycles. The fourth-order valence-electron chi connectivity index (χ4n) is 0.268. The number of rotatable bonds is 3. The molecule has 0 unspecified atom stereocenters. The first-order valence-corrected chi connectivity index (χ1v) is 12.4. The molecule has 0 spiro atoms. The van der Waals surface area contributed by atoms with Gasteiger partial charge in [0.05, 0.1) is 0 Å². The number of hydrogen-bond acceptors (Lipinski definition) is 3. The van der Waals surface area contributed by atoms with Crippen LogP contribution in [0.4, 0.5) is 0 Å². The van der Waals surface area contributed by atoms with Crippen molar-refractivity contribution < 1.29 is 33.8 Å². The Morgan fingerprint density at radius 3 is 1.27 bits per heavy atom. The summed E-state index contributed by atoms with van der Waals surface area (Å²) >= 11 is -3.88. The molecule has 0 radical (unpaired) electrons. The van der Waals surface area contributed by atoms with E-state index in [1.165, 1.54) is 0 Å². The van der Waals surface area contributed by atoms with Gasteiger partial charge in [-0.2, -0.15) is 0 Å². The van der Waals surface area contributed by atoms with Crippen molar-refractivity contribution in [2.75, 3.05) is 4.61 Å². The van der Waals surface area contributed by atoms with Crippen LogP contribution in [0.15, 0.2) is 0 Å². The number of aliphatic hydroxyl groups excluding tert-OH is 1. The van der Waals surface area contributed by atoms with Crippen LogP contribution in [-0.4, -0.2) is 29.3 Å². The molecule has 10 heteroatoms. The Labute approximate surface area is 67.8 Å². The molecule has 7 nitrogen and oxygen atoms in total. The molecular weight excluding hydrogens is 313 g/mol. The van der Waals surface area contributed by atoms with Crippen LogP contribution in [0.3, 0.4) is 0 Å². The monoisotopic (exact) mass is 320 g/mol. The molecule has 0 rings (SSSR count). The normalized spacial score (nSPS) is 14.8. The Morgan fingerprint density at radius 2 is 1.27 bits per heavy atom. The van der Waals surface area contributed by atoms with Crippen LogP contribution in [0.25, 0.3) is 0 Å². The van der Waals surface area contributed by atoms with E-state index in [1.807, 2.05) is 0 Å². The van der Waals surface area contributed by atoms with Gasteiger partial charge in [0.25, 0.3) is 0 Å². The quantitative estimate of drug-likeness (QED) is 0.272. The SMILES string of the molecule is O=P(O)(O)I(CO)P(=O)(O)O. The molecule has 11 heavy (non-hydrogen) atoms. The van der Waals surface area contributed by atoms with Crippen molar-refractivity contribution in [2.24, 2.45) is 0 Å². The summed E-state index contributed by atoms with van der Waals surface area (Å²) in [5, 5.41) is -1.23. The maximum absolute atomic E-state index is 10.3. The number of alkyl halides is 1. The summed E-state index contributed by atoms with van der Waals surface area (Å²) in [5.41, 5.74) is 0. The minimum absolute atomic E-state index is 1.08. The van der Waals surface area contributed by atoms with E-state index in [0.29, 0.717) is 0 Å². The molecule has 0 amide bonds. The van der Waals surface area contributed by atoms with Gasteiger partial charge in [-0.05, 0) is 0 Å². The number of halogens is 1. The zero-order valence-electron chi connectivity index (χ0n) is 5.03. The van der Waals surface area contributed by atoms with Crippen molar-refractivity contribution in [3.8, 4) is 0 Å². The van der Waals surface area contributed by atoms with E-state index in [4.69, 9.17) is 24.7 Å². The molecule has 0 fully saturated rings. The summed E-state index contributed by atoms with van der Waals surface area (Å²) in [6.45, 7) is 0. The van der Waals surface area contributed by atoms with E-state index >= 15 is 0 Å². The zero-order valence-corrected chi connectivity index (χ0v) is 8.98. The van der Waals surface area contributed by atoms with Gasteiger partial charge in [-0.15, -0.1) is 0 Å². The predicted octanol–water partition coefficient (Wildman–Crippen LogP) is -0.372. The minimum atomic E-state index is -4.75. The summed E-state index contributed by atoms with van der Waals surface area (Å²) in [4.78, 5) is 33.4. The molecule has 0 saturated heterocycles. The molecule has 0 aromatic rings. The summed E-state index contributed by atoms with van der Waals surface area (Å²) in [5.74, 6) is 0. The second-order valence-corrected chi connectivity index (χ2v) is 20.6. The third kappa shape index (κ3) is 3.95. The summed E-state index contributed by atoms with van der Waals surface area (Å²) in [6.07, 6.45) is 0. The second-order valence-electron chi connectivity index (χ2n) is 1.38. The average Bonchev–Trinajstić information content (AvgIpc) is 1.56. The van der Waals surface area contributed by atoms with Crippen LogP contribution < -0.4 is 0 Å². The molecule has 0 aliphatic rings.